The van der Waals surface area contributed by atoms with Crippen molar-refractivity contribution in [1.29, 1.82) is 0 Å². The number of nitrogen functional groups attached to an aromatic ring is 1. The first-order valence-electron chi connectivity index (χ1n) is 10.3. The van der Waals surface area contributed by atoms with Gasteiger partial charge >= 0.3 is 0 Å². The van der Waals surface area contributed by atoms with E-state index < -0.39 is 0 Å². The highest BCUT2D eigenvalue weighted by molar-refractivity contribution is 5.73. The van der Waals surface area contributed by atoms with E-state index in [1.165, 1.54) is 0 Å². The van der Waals surface area contributed by atoms with Crippen LogP contribution in [0.25, 0.3) is 17.1 Å². The molecule has 0 radical (unpaired) electrons. The average molecular weight is 416 g/mol. The van der Waals surface area contributed by atoms with Crippen molar-refractivity contribution in [3.8, 4) is 11.5 Å². The first-order valence-corrected chi connectivity index (χ1v) is 10.3. The third-order valence-electron chi connectivity index (χ3n) is 3.68. The minimum Gasteiger partial charge on any atom is -0.381 e. The van der Waals surface area contributed by atoms with Crippen LogP contribution >= 0.6 is 0 Å². The van der Waals surface area contributed by atoms with Gasteiger partial charge in [0, 0.05) is 19.9 Å². The third-order valence-corrected chi connectivity index (χ3v) is 3.68. The van der Waals surface area contributed by atoms with E-state index in [0.717, 1.165) is 24.3 Å². The van der Waals surface area contributed by atoms with Gasteiger partial charge in [-0.1, -0.05) is 63.3 Å². The lowest BCUT2D eigenvalue weighted by atomic mass is 10.1. The fourth-order valence-electron chi connectivity index (χ4n) is 2.22. The Labute approximate surface area is 181 Å². The van der Waals surface area contributed by atoms with Crippen LogP contribution in [0.1, 0.15) is 53.7 Å². The van der Waals surface area contributed by atoms with Crippen molar-refractivity contribution in [2.75, 3.05) is 19.5 Å². The zero-order chi connectivity index (χ0) is 22.8. The Morgan fingerprint density at radius 3 is 2.30 bits per heavy atom. The molecule has 0 bridgehead atoms. The first-order chi connectivity index (χ1) is 14.6. The van der Waals surface area contributed by atoms with Crippen molar-refractivity contribution in [3.63, 3.8) is 0 Å². The topological polar surface area (TPSA) is 92.0 Å². The lowest BCUT2D eigenvalue weighted by Gasteiger charge is -2.00. The summed E-state index contributed by atoms with van der Waals surface area (Å²) in [6.45, 7) is 13.5. The monoisotopic (exact) mass is 415 g/mol. The highest BCUT2D eigenvalue weighted by Crippen LogP contribution is 2.25. The summed E-state index contributed by atoms with van der Waals surface area (Å²) in [7, 11) is 1.68. The second-order valence-electron chi connectivity index (χ2n) is 5.75. The summed E-state index contributed by atoms with van der Waals surface area (Å²) < 4.78 is 11.4. The molecule has 7 nitrogen and oxygen atoms in total. The van der Waals surface area contributed by atoms with Crippen molar-refractivity contribution in [3.05, 3.63) is 54.4 Å². The summed E-state index contributed by atoms with van der Waals surface area (Å²) in [5.74, 6) is 0.890. The molecular weight excluding hydrogens is 378 g/mol. The molecule has 166 valence electrons. The molecule has 2 aromatic rings. The van der Waals surface area contributed by atoms with Crippen LogP contribution in [0.2, 0.25) is 0 Å². The molecule has 2 aromatic heterocycles. The minimum atomic E-state index is 0.241. The summed E-state index contributed by atoms with van der Waals surface area (Å²) in [6, 6.07) is 0. The molecule has 2 heterocycles. The standard InChI is InChI=1S/C16H21N5O.C5H10O.C2H6/c1-4-7-9-12(6-3)13-11-21(10-8-5-2)16(18-13)14-15(17)20-22-19-14;1-3-4-5-6-2;1-2/h5-9,11H,4,10H2,1-3H3,(H2,17,20);3-4H,5H2,1-2H3;1-2H3/b8-5-,9-7-,12-6+;4-3-;. The molecule has 0 aliphatic carbocycles. The van der Waals surface area contributed by atoms with Gasteiger partial charge in [0.25, 0.3) is 0 Å². The molecule has 2 rings (SSSR count). The number of anilines is 1. The summed E-state index contributed by atoms with van der Waals surface area (Å²) in [4.78, 5) is 4.66. The molecule has 2 N–H and O–H groups in total. The normalized spacial score (nSPS) is 11.6. The number of hydrogen-bond donors (Lipinski definition) is 1. The van der Waals surface area contributed by atoms with Crippen molar-refractivity contribution in [1.82, 2.24) is 19.9 Å². The molecule has 0 unspecified atom stereocenters. The van der Waals surface area contributed by atoms with Gasteiger partial charge in [0.15, 0.2) is 17.3 Å². The molecule has 0 fully saturated rings. The van der Waals surface area contributed by atoms with Gasteiger partial charge in [-0.05, 0) is 43.1 Å². The number of ether oxygens (including phenoxy) is 1. The molecule has 0 saturated carbocycles. The molecule has 0 spiro atoms. The van der Waals surface area contributed by atoms with Gasteiger partial charge in [-0.15, -0.1) is 0 Å². The summed E-state index contributed by atoms with van der Waals surface area (Å²) in [5.41, 5.74) is 8.19. The number of rotatable bonds is 8. The smallest absolute Gasteiger partial charge is 0.199 e. The number of methoxy groups -OCH3 is 1. The summed E-state index contributed by atoms with van der Waals surface area (Å²) >= 11 is 0. The van der Waals surface area contributed by atoms with Crippen LogP contribution in [-0.4, -0.2) is 33.6 Å². The van der Waals surface area contributed by atoms with Crippen LogP contribution in [-0.2, 0) is 11.3 Å². The van der Waals surface area contributed by atoms with Crippen LogP contribution < -0.4 is 5.73 Å². The van der Waals surface area contributed by atoms with Crippen molar-refractivity contribution in [2.24, 2.45) is 0 Å². The van der Waals surface area contributed by atoms with E-state index >= 15 is 0 Å². The van der Waals surface area contributed by atoms with Gasteiger partial charge in [0.1, 0.15) is 0 Å². The lowest BCUT2D eigenvalue weighted by molar-refractivity contribution is 0.234. The Morgan fingerprint density at radius 1 is 1.13 bits per heavy atom. The minimum absolute atomic E-state index is 0.241. The van der Waals surface area contributed by atoms with Gasteiger partial charge in [0.2, 0.25) is 0 Å². The predicted molar refractivity (Wildman–Crippen MR) is 126 cm³/mol. The van der Waals surface area contributed by atoms with E-state index in [0.29, 0.717) is 18.1 Å². The lowest BCUT2D eigenvalue weighted by Crippen LogP contribution is -1.99. The molecule has 0 saturated heterocycles. The average Bonchev–Trinajstić information content (AvgIpc) is 3.39. The van der Waals surface area contributed by atoms with Crippen molar-refractivity contribution < 1.29 is 9.37 Å². The van der Waals surface area contributed by atoms with Crippen LogP contribution in [0.15, 0.2) is 53.4 Å². The van der Waals surface area contributed by atoms with Crippen LogP contribution in [0.3, 0.4) is 0 Å². The maximum Gasteiger partial charge on any atom is 0.199 e. The maximum atomic E-state index is 5.80. The Hall–Kier alpha value is -2.93. The molecule has 0 atom stereocenters. The number of hydrogen-bond acceptors (Lipinski definition) is 6. The molecule has 0 amide bonds. The van der Waals surface area contributed by atoms with Gasteiger partial charge in [-0.3, -0.25) is 0 Å². The SMILES string of the molecule is C/C=C\COC.C/C=C\Cn1cc(C(/C=C\CC)=C/C)nc1-c1nonc1N.CC. The predicted octanol–water partition coefficient (Wildman–Crippen LogP) is 5.70. The fraction of sp³-hybridized carbons (Fsp3) is 0.435. The first kappa shape index (κ1) is 27.1. The van der Waals surface area contributed by atoms with Crippen LogP contribution in [0, 0.1) is 0 Å². The van der Waals surface area contributed by atoms with Crippen LogP contribution in [0.5, 0.6) is 0 Å². The number of allylic oxidation sites excluding steroid dienone is 7. The van der Waals surface area contributed by atoms with E-state index in [9.17, 15) is 0 Å². The summed E-state index contributed by atoms with van der Waals surface area (Å²) in [5, 5.41) is 7.49. The molecular formula is C23H37N5O2. The van der Waals surface area contributed by atoms with E-state index in [4.69, 9.17) is 15.1 Å². The van der Waals surface area contributed by atoms with E-state index in [2.05, 4.69) is 34.4 Å². The van der Waals surface area contributed by atoms with Gasteiger partial charge < -0.3 is 15.0 Å². The van der Waals surface area contributed by atoms with Crippen molar-refractivity contribution in [2.45, 2.75) is 54.5 Å². The number of aromatic nitrogens is 4. The molecule has 0 aromatic carbocycles. The van der Waals surface area contributed by atoms with Gasteiger partial charge in [-0.2, -0.15) is 0 Å². The Bertz CT molecular complexity index is 813. The quantitative estimate of drug-likeness (QED) is 0.439. The largest absolute Gasteiger partial charge is 0.381 e. The number of nitrogens with two attached hydrogens (primary N) is 1. The highest BCUT2D eigenvalue weighted by Gasteiger charge is 2.17. The summed E-state index contributed by atoms with van der Waals surface area (Å²) in [6.07, 6.45) is 17.1. The number of nitrogens with zero attached hydrogens (tertiary/aromatic N) is 4. The van der Waals surface area contributed by atoms with E-state index in [-0.39, 0.29) is 5.82 Å². The highest BCUT2D eigenvalue weighted by atomic mass is 16.6. The third kappa shape index (κ3) is 9.05. The zero-order valence-corrected chi connectivity index (χ0v) is 19.4. The second kappa shape index (κ2) is 17.0. The fourth-order valence-corrected chi connectivity index (χ4v) is 2.22. The van der Waals surface area contributed by atoms with E-state index in [1.54, 1.807) is 7.11 Å². The molecule has 0 aliphatic rings. The Balaban J connectivity index is 0.000000905. The van der Waals surface area contributed by atoms with Crippen LogP contribution in [0.4, 0.5) is 5.82 Å². The zero-order valence-electron chi connectivity index (χ0n) is 19.4. The molecule has 0 aliphatic heterocycles. The second-order valence-corrected chi connectivity index (χ2v) is 5.75. The van der Waals surface area contributed by atoms with Gasteiger partial charge in [0.05, 0.1) is 12.3 Å². The molecule has 30 heavy (non-hydrogen) atoms. The van der Waals surface area contributed by atoms with Crippen molar-refractivity contribution >= 4 is 11.4 Å². The van der Waals surface area contributed by atoms with E-state index in [1.807, 2.05) is 75.8 Å². The maximum absolute atomic E-state index is 5.80. The Kier molecular flexibility index (Phi) is 15.3. The Morgan fingerprint density at radius 2 is 1.83 bits per heavy atom. The number of imidazole rings is 1. The van der Waals surface area contributed by atoms with Gasteiger partial charge in [-0.25, -0.2) is 9.61 Å². The molecule has 7 heteroatoms.